The van der Waals surface area contributed by atoms with E-state index in [-0.39, 0.29) is 5.91 Å². The molecule has 1 aromatic carbocycles. The Labute approximate surface area is 128 Å². The Morgan fingerprint density at radius 2 is 2.00 bits per heavy atom. The maximum Gasteiger partial charge on any atom is 0.276 e. The number of furan rings is 1. The van der Waals surface area contributed by atoms with Gasteiger partial charge in [-0.25, -0.2) is 0 Å². The number of carbonyl (C=O) groups is 1. The molecule has 106 valence electrons. The molecule has 1 amide bonds. The average Bonchev–Trinajstić information content (AvgIpc) is 2.99. The van der Waals surface area contributed by atoms with Gasteiger partial charge in [0.05, 0.1) is 6.54 Å². The maximum absolute atomic E-state index is 12.4. The zero-order valence-electron chi connectivity index (χ0n) is 11.5. The SMILES string of the molecule is Cc1ccc(/C=C2\NC(=S)N(Cc3ccccc3)C2=O)o1. The van der Waals surface area contributed by atoms with Crippen molar-refractivity contribution in [2.45, 2.75) is 13.5 Å². The normalized spacial score (nSPS) is 16.6. The molecule has 1 aliphatic rings. The van der Waals surface area contributed by atoms with Crippen molar-refractivity contribution in [3.05, 3.63) is 65.2 Å². The van der Waals surface area contributed by atoms with Crippen LogP contribution >= 0.6 is 12.2 Å². The molecule has 1 saturated heterocycles. The molecule has 1 aromatic heterocycles. The fourth-order valence-electron chi connectivity index (χ4n) is 2.15. The minimum Gasteiger partial charge on any atom is -0.462 e. The van der Waals surface area contributed by atoms with E-state index in [2.05, 4.69) is 5.32 Å². The minimum atomic E-state index is -0.141. The van der Waals surface area contributed by atoms with Crippen molar-refractivity contribution in [1.82, 2.24) is 10.2 Å². The number of nitrogens with zero attached hydrogens (tertiary/aromatic N) is 1. The van der Waals surface area contributed by atoms with Gasteiger partial charge in [0.25, 0.3) is 5.91 Å². The molecule has 0 bridgehead atoms. The highest BCUT2D eigenvalue weighted by atomic mass is 32.1. The topological polar surface area (TPSA) is 45.5 Å². The van der Waals surface area contributed by atoms with Crippen molar-refractivity contribution in [1.29, 1.82) is 0 Å². The molecule has 1 N–H and O–H groups in total. The fraction of sp³-hybridized carbons (Fsp3) is 0.125. The van der Waals surface area contributed by atoms with E-state index in [9.17, 15) is 4.79 Å². The number of carbonyl (C=O) groups excluding carboxylic acids is 1. The molecule has 0 saturated carbocycles. The Kier molecular flexibility index (Phi) is 3.58. The smallest absolute Gasteiger partial charge is 0.276 e. The van der Waals surface area contributed by atoms with Gasteiger partial charge in [0.1, 0.15) is 17.2 Å². The number of amides is 1. The number of hydrogen-bond donors (Lipinski definition) is 1. The van der Waals surface area contributed by atoms with Crippen molar-refractivity contribution < 1.29 is 9.21 Å². The Balaban J connectivity index is 1.81. The summed E-state index contributed by atoms with van der Waals surface area (Å²) in [6, 6.07) is 13.4. The first kappa shape index (κ1) is 13.6. The molecule has 0 unspecified atom stereocenters. The van der Waals surface area contributed by atoms with Gasteiger partial charge in [0.15, 0.2) is 5.11 Å². The van der Waals surface area contributed by atoms with Gasteiger partial charge >= 0.3 is 0 Å². The summed E-state index contributed by atoms with van der Waals surface area (Å²) in [7, 11) is 0. The van der Waals surface area contributed by atoms with E-state index in [1.165, 1.54) is 0 Å². The molecule has 0 spiro atoms. The highest BCUT2D eigenvalue weighted by Crippen LogP contribution is 2.18. The molecule has 5 heteroatoms. The number of aryl methyl sites for hydroxylation is 1. The number of hydrogen-bond acceptors (Lipinski definition) is 3. The van der Waals surface area contributed by atoms with E-state index in [4.69, 9.17) is 16.6 Å². The van der Waals surface area contributed by atoms with Crippen LogP contribution in [0.2, 0.25) is 0 Å². The zero-order chi connectivity index (χ0) is 14.8. The lowest BCUT2D eigenvalue weighted by atomic mass is 10.2. The summed E-state index contributed by atoms with van der Waals surface area (Å²) in [5.74, 6) is 1.29. The lowest BCUT2D eigenvalue weighted by Gasteiger charge is -2.13. The highest BCUT2D eigenvalue weighted by molar-refractivity contribution is 7.80. The summed E-state index contributed by atoms with van der Waals surface area (Å²) in [6.45, 7) is 2.32. The second-order valence-corrected chi connectivity index (χ2v) is 5.20. The summed E-state index contributed by atoms with van der Waals surface area (Å²) in [6.07, 6.45) is 1.67. The Morgan fingerprint density at radius 3 is 2.67 bits per heavy atom. The quantitative estimate of drug-likeness (QED) is 0.699. The largest absolute Gasteiger partial charge is 0.462 e. The number of rotatable bonds is 3. The third-order valence-corrected chi connectivity index (χ3v) is 3.52. The van der Waals surface area contributed by atoms with Crippen molar-refractivity contribution in [2.24, 2.45) is 0 Å². The second kappa shape index (κ2) is 5.54. The molecule has 0 atom stereocenters. The van der Waals surface area contributed by atoms with Gasteiger partial charge in [0, 0.05) is 6.08 Å². The third kappa shape index (κ3) is 2.87. The zero-order valence-corrected chi connectivity index (χ0v) is 12.3. The van der Waals surface area contributed by atoms with Crippen LogP contribution in [0.1, 0.15) is 17.1 Å². The Bertz CT molecular complexity index is 719. The van der Waals surface area contributed by atoms with Gasteiger partial charge in [-0.15, -0.1) is 0 Å². The minimum absolute atomic E-state index is 0.141. The van der Waals surface area contributed by atoms with E-state index in [0.29, 0.717) is 23.1 Å². The van der Waals surface area contributed by atoms with E-state index in [1.54, 1.807) is 11.0 Å². The van der Waals surface area contributed by atoms with Crippen LogP contribution in [-0.2, 0) is 11.3 Å². The Morgan fingerprint density at radius 1 is 1.24 bits per heavy atom. The van der Waals surface area contributed by atoms with Gasteiger partial charge in [0.2, 0.25) is 0 Å². The van der Waals surface area contributed by atoms with Crippen LogP contribution in [0.25, 0.3) is 6.08 Å². The van der Waals surface area contributed by atoms with Gasteiger partial charge in [-0.3, -0.25) is 9.69 Å². The predicted molar refractivity (Wildman–Crippen MR) is 84.1 cm³/mol. The average molecular weight is 298 g/mol. The first-order valence-corrected chi connectivity index (χ1v) is 6.99. The lowest BCUT2D eigenvalue weighted by Crippen LogP contribution is -2.29. The van der Waals surface area contributed by atoms with Crippen LogP contribution in [0.3, 0.4) is 0 Å². The van der Waals surface area contributed by atoms with Crippen molar-refractivity contribution in [2.75, 3.05) is 0 Å². The van der Waals surface area contributed by atoms with E-state index >= 15 is 0 Å². The molecular formula is C16H14N2O2S. The van der Waals surface area contributed by atoms with Crippen molar-refractivity contribution in [3.8, 4) is 0 Å². The Hall–Kier alpha value is -2.40. The van der Waals surface area contributed by atoms with E-state index in [0.717, 1.165) is 11.3 Å². The van der Waals surface area contributed by atoms with E-state index < -0.39 is 0 Å². The highest BCUT2D eigenvalue weighted by Gasteiger charge is 2.30. The fourth-order valence-corrected chi connectivity index (χ4v) is 2.41. The van der Waals surface area contributed by atoms with Crippen LogP contribution in [0.4, 0.5) is 0 Å². The molecule has 0 radical (unpaired) electrons. The van der Waals surface area contributed by atoms with Gasteiger partial charge < -0.3 is 9.73 Å². The first-order valence-electron chi connectivity index (χ1n) is 6.58. The predicted octanol–water partition coefficient (Wildman–Crippen LogP) is 2.85. The number of nitrogens with one attached hydrogen (secondary N) is 1. The van der Waals surface area contributed by atoms with E-state index in [1.807, 2.05) is 49.4 Å². The summed E-state index contributed by atoms with van der Waals surface area (Å²) in [4.78, 5) is 13.9. The summed E-state index contributed by atoms with van der Waals surface area (Å²) in [5, 5.41) is 3.36. The molecule has 2 heterocycles. The second-order valence-electron chi connectivity index (χ2n) is 4.81. The molecular weight excluding hydrogens is 284 g/mol. The van der Waals surface area contributed by atoms with Crippen molar-refractivity contribution in [3.63, 3.8) is 0 Å². The monoisotopic (exact) mass is 298 g/mol. The summed E-state index contributed by atoms with van der Waals surface area (Å²) < 4.78 is 5.45. The molecule has 1 fully saturated rings. The van der Waals surface area contributed by atoms with Crippen molar-refractivity contribution >= 4 is 29.3 Å². The summed E-state index contributed by atoms with van der Waals surface area (Å²) in [5.41, 5.74) is 1.47. The summed E-state index contributed by atoms with van der Waals surface area (Å²) >= 11 is 5.24. The first-order chi connectivity index (χ1) is 10.1. The van der Waals surface area contributed by atoms with Gasteiger partial charge in [-0.05, 0) is 36.8 Å². The van der Waals surface area contributed by atoms with Gasteiger partial charge in [-0.2, -0.15) is 0 Å². The molecule has 2 aromatic rings. The van der Waals surface area contributed by atoms with Crippen LogP contribution in [0.15, 0.2) is 52.6 Å². The van der Waals surface area contributed by atoms with Crippen LogP contribution < -0.4 is 5.32 Å². The molecule has 21 heavy (non-hydrogen) atoms. The molecule has 0 aliphatic carbocycles. The number of benzene rings is 1. The van der Waals surface area contributed by atoms with Crippen LogP contribution in [0.5, 0.6) is 0 Å². The molecule has 1 aliphatic heterocycles. The van der Waals surface area contributed by atoms with Gasteiger partial charge in [-0.1, -0.05) is 30.3 Å². The number of thiocarbonyl (C=S) groups is 1. The maximum atomic E-state index is 12.4. The van der Waals surface area contributed by atoms with Crippen LogP contribution in [0, 0.1) is 6.92 Å². The standard InChI is InChI=1S/C16H14N2O2S/c1-11-7-8-13(20-11)9-14-15(19)18(16(21)17-14)10-12-5-3-2-4-6-12/h2-9H,10H2,1H3,(H,17,21)/b14-9-. The molecule has 3 rings (SSSR count). The third-order valence-electron chi connectivity index (χ3n) is 3.19. The van der Waals surface area contributed by atoms with Crippen LogP contribution in [-0.4, -0.2) is 15.9 Å². The molecule has 4 nitrogen and oxygen atoms in total. The lowest BCUT2D eigenvalue weighted by molar-refractivity contribution is -0.122.